The molecule has 1 aliphatic heterocycles. The molecule has 0 bridgehead atoms. The first-order valence-electron chi connectivity index (χ1n) is 8.27. The molecule has 0 aromatic heterocycles. The highest BCUT2D eigenvalue weighted by molar-refractivity contribution is 5.76. The second kappa shape index (κ2) is 7.49. The number of benzene rings is 1. The first-order chi connectivity index (χ1) is 11.0. The molecular weight excluding hydrogens is 292 g/mol. The normalized spacial score (nSPS) is 21.1. The number of carbonyl (C=O) groups excluding carboxylic acids is 1. The molecule has 5 heteroatoms. The Morgan fingerprint density at radius 1 is 1.22 bits per heavy atom. The van der Waals surface area contributed by atoms with Crippen LogP contribution in [0.2, 0.25) is 0 Å². The van der Waals surface area contributed by atoms with E-state index in [9.17, 15) is 14.7 Å². The summed E-state index contributed by atoms with van der Waals surface area (Å²) >= 11 is 0. The summed E-state index contributed by atoms with van der Waals surface area (Å²) in [6, 6.07) is 8.22. The summed E-state index contributed by atoms with van der Waals surface area (Å²) in [5, 5.41) is 9.43. The summed E-state index contributed by atoms with van der Waals surface area (Å²) in [7, 11) is 1.75. The quantitative estimate of drug-likeness (QED) is 0.928. The number of piperidine rings is 1. The van der Waals surface area contributed by atoms with Gasteiger partial charge in [0.25, 0.3) is 0 Å². The Labute approximate surface area is 137 Å². The molecule has 23 heavy (non-hydrogen) atoms. The van der Waals surface area contributed by atoms with E-state index in [0.29, 0.717) is 26.1 Å². The zero-order chi connectivity index (χ0) is 17.0. The van der Waals surface area contributed by atoms with Crippen molar-refractivity contribution in [2.45, 2.75) is 32.6 Å². The molecule has 0 aliphatic carbocycles. The predicted molar refractivity (Wildman–Crippen MR) is 89.6 cm³/mol. The van der Waals surface area contributed by atoms with Gasteiger partial charge in [-0.2, -0.15) is 0 Å². The molecule has 1 aliphatic rings. The van der Waals surface area contributed by atoms with Crippen molar-refractivity contribution in [3.05, 3.63) is 35.4 Å². The van der Waals surface area contributed by atoms with Crippen LogP contribution in [0.5, 0.6) is 0 Å². The summed E-state index contributed by atoms with van der Waals surface area (Å²) in [4.78, 5) is 27.2. The third kappa shape index (κ3) is 4.03. The van der Waals surface area contributed by atoms with Crippen molar-refractivity contribution < 1.29 is 14.7 Å². The van der Waals surface area contributed by atoms with E-state index in [1.165, 1.54) is 5.56 Å². The minimum absolute atomic E-state index is 0.0740. The fourth-order valence-corrected chi connectivity index (χ4v) is 3.08. The van der Waals surface area contributed by atoms with Gasteiger partial charge in [-0.05, 0) is 30.9 Å². The number of amides is 2. The zero-order valence-corrected chi connectivity index (χ0v) is 14.2. The Bertz CT molecular complexity index is 556. The van der Waals surface area contributed by atoms with Crippen LogP contribution in [-0.2, 0) is 11.2 Å². The van der Waals surface area contributed by atoms with Gasteiger partial charge in [0, 0.05) is 32.6 Å². The Morgan fingerprint density at radius 3 is 2.39 bits per heavy atom. The van der Waals surface area contributed by atoms with Gasteiger partial charge in [0.15, 0.2) is 0 Å². The fourth-order valence-electron chi connectivity index (χ4n) is 3.08. The number of carbonyl (C=O) groups is 2. The van der Waals surface area contributed by atoms with E-state index in [4.69, 9.17) is 0 Å². The lowest BCUT2D eigenvalue weighted by molar-refractivity contribution is -0.143. The van der Waals surface area contributed by atoms with Crippen LogP contribution in [0.15, 0.2) is 24.3 Å². The maximum Gasteiger partial charge on any atom is 0.319 e. The molecule has 5 nitrogen and oxygen atoms in total. The zero-order valence-electron chi connectivity index (χ0n) is 14.2. The number of hydrogen-bond acceptors (Lipinski definition) is 2. The summed E-state index contributed by atoms with van der Waals surface area (Å²) in [5.74, 6) is -1.25. The predicted octanol–water partition coefficient (Wildman–Crippen LogP) is 2.81. The lowest BCUT2D eigenvalue weighted by atomic mass is 9.84. The maximum atomic E-state index is 12.4. The Morgan fingerprint density at radius 2 is 1.87 bits per heavy atom. The summed E-state index contributed by atoms with van der Waals surface area (Å²) < 4.78 is 0. The summed E-state index contributed by atoms with van der Waals surface area (Å²) in [5.41, 5.74) is 2.38. The smallest absolute Gasteiger partial charge is 0.319 e. The van der Waals surface area contributed by atoms with Gasteiger partial charge in [-0.25, -0.2) is 4.79 Å². The summed E-state index contributed by atoms with van der Waals surface area (Å²) in [6.45, 7) is 5.51. The van der Waals surface area contributed by atoms with E-state index in [0.717, 1.165) is 12.0 Å². The SMILES string of the molecule is CCc1ccc(C2CC(C(=O)O)CN(C(=O)N(C)CC)C2)cc1. The number of nitrogens with zero attached hydrogens (tertiary/aromatic N) is 2. The molecular formula is C18H26N2O3. The van der Waals surface area contributed by atoms with Crippen LogP contribution in [0.3, 0.4) is 0 Å². The van der Waals surface area contributed by atoms with Crippen molar-refractivity contribution in [3.8, 4) is 0 Å². The van der Waals surface area contributed by atoms with Crippen LogP contribution in [0.25, 0.3) is 0 Å². The van der Waals surface area contributed by atoms with Gasteiger partial charge >= 0.3 is 12.0 Å². The second-order valence-corrected chi connectivity index (χ2v) is 6.26. The lowest BCUT2D eigenvalue weighted by Gasteiger charge is -2.38. The van der Waals surface area contributed by atoms with Gasteiger partial charge in [0.05, 0.1) is 5.92 Å². The lowest BCUT2D eigenvalue weighted by Crippen LogP contribution is -2.49. The van der Waals surface area contributed by atoms with Crippen molar-refractivity contribution in [2.75, 3.05) is 26.7 Å². The van der Waals surface area contributed by atoms with Gasteiger partial charge in [-0.3, -0.25) is 4.79 Å². The van der Waals surface area contributed by atoms with E-state index >= 15 is 0 Å². The summed E-state index contributed by atoms with van der Waals surface area (Å²) in [6.07, 6.45) is 1.56. The van der Waals surface area contributed by atoms with Crippen molar-refractivity contribution in [1.29, 1.82) is 0 Å². The number of rotatable bonds is 4. The third-order valence-corrected chi connectivity index (χ3v) is 4.73. The highest BCUT2D eigenvalue weighted by atomic mass is 16.4. The topological polar surface area (TPSA) is 60.9 Å². The second-order valence-electron chi connectivity index (χ2n) is 6.26. The standard InChI is InChI=1S/C18H26N2O3/c1-4-13-6-8-14(9-7-13)15-10-16(17(21)22)12-20(11-15)18(23)19(3)5-2/h6-9,15-16H,4-5,10-12H2,1-3H3,(H,21,22). The molecule has 1 aromatic rings. The fraction of sp³-hybridized carbons (Fsp3) is 0.556. The highest BCUT2D eigenvalue weighted by Crippen LogP contribution is 2.31. The van der Waals surface area contributed by atoms with Crippen LogP contribution in [0, 0.1) is 5.92 Å². The van der Waals surface area contributed by atoms with E-state index in [-0.39, 0.29) is 11.9 Å². The molecule has 2 amide bonds. The van der Waals surface area contributed by atoms with E-state index < -0.39 is 11.9 Å². The monoisotopic (exact) mass is 318 g/mol. The maximum absolute atomic E-state index is 12.4. The first kappa shape index (κ1) is 17.3. The molecule has 2 atom stereocenters. The number of carboxylic acid groups (broad SMARTS) is 1. The first-order valence-corrected chi connectivity index (χ1v) is 8.27. The highest BCUT2D eigenvalue weighted by Gasteiger charge is 2.35. The molecule has 1 aromatic carbocycles. The van der Waals surface area contributed by atoms with Crippen LogP contribution < -0.4 is 0 Å². The molecule has 1 heterocycles. The van der Waals surface area contributed by atoms with E-state index in [1.807, 2.05) is 6.92 Å². The molecule has 126 valence electrons. The minimum Gasteiger partial charge on any atom is -0.481 e. The molecule has 1 N–H and O–H groups in total. The van der Waals surface area contributed by atoms with E-state index in [1.54, 1.807) is 16.8 Å². The van der Waals surface area contributed by atoms with Gasteiger partial charge in [-0.15, -0.1) is 0 Å². The number of urea groups is 1. The van der Waals surface area contributed by atoms with Gasteiger partial charge in [-0.1, -0.05) is 31.2 Å². The number of aliphatic carboxylic acids is 1. The third-order valence-electron chi connectivity index (χ3n) is 4.73. The molecule has 0 spiro atoms. The van der Waals surface area contributed by atoms with Crippen LogP contribution in [-0.4, -0.2) is 53.6 Å². The van der Waals surface area contributed by atoms with E-state index in [2.05, 4.69) is 31.2 Å². The van der Waals surface area contributed by atoms with Crippen LogP contribution in [0.1, 0.15) is 37.3 Å². The molecule has 0 saturated carbocycles. The average Bonchev–Trinajstić information content (AvgIpc) is 2.59. The number of aryl methyl sites for hydroxylation is 1. The largest absolute Gasteiger partial charge is 0.481 e. The Balaban J connectivity index is 2.20. The molecule has 1 saturated heterocycles. The van der Waals surface area contributed by atoms with Crippen molar-refractivity contribution in [2.24, 2.45) is 5.92 Å². The number of likely N-dealkylation sites (tertiary alicyclic amines) is 1. The van der Waals surface area contributed by atoms with Crippen LogP contribution in [0.4, 0.5) is 4.79 Å². The van der Waals surface area contributed by atoms with Crippen LogP contribution >= 0.6 is 0 Å². The Kier molecular flexibility index (Phi) is 5.64. The number of hydrogen-bond donors (Lipinski definition) is 1. The van der Waals surface area contributed by atoms with Crippen molar-refractivity contribution in [1.82, 2.24) is 9.80 Å². The van der Waals surface area contributed by atoms with Crippen molar-refractivity contribution in [3.63, 3.8) is 0 Å². The van der Waals surface area contributed by atoms with Gasteiger partial charge in [0.1, 0.15) is 0 Å². The molecule has 2 unspecified atom stereocenters. The number of carboxylic acids is 1. The minimum atomic E-state index is -0.822. The van der Waals surface area contributed by atoms with Crippen molar-refractivity contribution >= 4 is 12.0 Å². The molecule has 2 rings (SSSR count). The average molecular weight is 318 g/mol. The van der Waals surface area contributed by atoms with Gasteiger partial charge < -0.3 is 14.9 Å². The Hall–Kier alpha value is -2.04. The molecule has 0 radical (unpaired) electrons. The molecule has 1 fully saturated rings. The van der Waals surface area contributed by atoms with Gasteiger partial charge in [0.2, 0.25) is 0 Å².